The molecule has 1 aliphatic carbocycles. The number of nitrogens with one attached hydrogen (secondary N) is 2. The van der Waals surface area contributed by atoms with Crippen LogP contribution in [0.3, 0.4) is 0 Å². The average molecular weight is 603 g/mol. The minimum atomic E-state index is -3.84. The summed E-state index contributed by atoms with van der Waals surface area (Å²) in [7, 11) is -0.836. The number of hydrogen-bond donors (Lipinski definition) is 3. The van der Waals surface area contributed by atoms with Gasteiger partial charge in [-0.05, 0) is 62.2 Å². The first-order chi connectivity index (χ1) is 20.0. The molecule has 2 aromatic carbocycles. The molecule has 2 aliphatic rings. The van der Waals surface area contributed by atoms with Gasteiger partial charge in [-0.15, -0.1) is 0 Å². The van der Waals surface area contributed by atoms with E-state index >= 15 is 0 Å². The number of carbonyl (C=O) groups is 2. The van der Waals surface area contributed by atoms with Crippen LogP contribution in [0, 0.1) is 5.92 Å². The van der Waals surface area contributed by atoms with Gasteiger partial charge in [0, 0.05) is 31.2 Å². The Labute approximate surface area is 248 Å². The van der Waals surface area contributed by atoms with Crippen molar-refractivity contribution >= 4 is 27.6 Å². The van der Waals surface area contributed by atoms with Gasteiger partial charge < -0.3 is 30.1 Å². The molecule has 42 heavy (non-hydrogen) atoms. The Morgan fingerprint density at radius 2 is 1.86 bits per heavy atom. The minimum absolute atomic E-state index is 0.0221. The van der Waals surface area contributed by atoms with Crippen LogP contribution in [0.2, 0.25) is 0 Å². The molecule has 4 rings (SSSR count). The zero-order valence-electron chi connectivity index (χ0n) is 24.7. The van der Waals surface area contributed by atoms with Crippen LogP contribution in [0.1, 0.15) is 56.3 Å². The summed E-state index contributed by atoms with van der Waals surface area (Å²) in [6.45, 7) is 3.66. The van der Waals surface area contributed by atoms with E-state index < -0.39 is 22.2 Å². The number of hydrogen-bond acceptors (Lipinski definition) is 7. The third kappa shape index (κ3) is 7.34. The summed E-state index contributed by atoms with van der Waals surface area (Å²) >= 11 is 0. The molecule has 0 spiro atoms. The minimum Gasteiger partial charge on any atom is -0.497 e. The lowest BCUT2D eigenvalue weighted by atomic mass is 9.96. The Bertz CT molecular complexity index is 1350. The third-order valence-corrected chi connectivity index (χ3v) is 9.91. The smallest absolute Gasteiger partial charge is 0.319 e. The van der Waals surface area contributed by atoms with Crippen LogP contribution in [0.5, 0.6) is 11.5 Å². The van der Waals surface area contributed by atoms with E-state index in [4.69, 9.17) is 9.47 Å². The molecule has 12 heteroatoms. The fourth-order valence-electron chi connectivity index (χ4n) is 5.40. The van der Waals surface area contributed by atoms with Crippen molar-refractivity contribution in [3.8, 4) is 11.5 Å². The molecule has 1 heterocycles. The molecule has 0 radical (unpaired) electrons. The molecular weight excluding hydrogens is 560 g/mol. The molecule has 1 saturated carbocycles. The van der Waals surface area contributed by atoms with E-state index in [1.54, 1.807) is 42.2 Å². The van der Waals surface area contributed by atoms with E-state index in [-0.39, 0.29) is 59.8 Å². The van der Waals surface area contributed by atoms with Gasteiger partial charge in [0.05, 0.1) is 36.8 Å². The average Bonchev–Trinajstić information content (AvgIpc) is 2.99. The number of sulfonamides is 1. The van der Waals surface area contributed by atoms with Crippen LogP contribution in [0.4, 0.5) is 10.5 Å². The highest BCUT2D eigenvalue weighted by Crippen LogP contribution is 2.31. The second-order valence-electron chi connectivity index (χ2n) is 11.2. The second-order valence-corrected chi connectivity index (χ2v) is 13.3. The molecule has 2 aromatic rings. The van der Waals surface area contributed by atoms with E-state index in [2.05, 4.69) is 10.6 Å². The normalized spacial score (nSPS) is 20.6. The van der Waals surface area contributed by atoms with Gasteiger partial charge in [-0.2, -0.15) is 4.31 Å². The fraction of sp³-hybridized carbons (Fsp3) is 0.533. The number of methoxy groups -OCH3 is 1. The maximum atomic E-state index is 13.7. The molecule has 230 valence electrons. The Balaban J connectivity index is 1.58. The largest absolute Gasteiger partial charge is 0.497 e. The Kier molecular flexibility index (Phi) is 10.3. The van der Waals surface area contributed by atoms with Crippen LogP contribution in [0.25, 0.3) is 0 Å². The number of aliphatic hydroxyl groups excluding tert-OH is 1. The lowest BCUT2D eigenvalue weighted by Crippen LogP contribution is -2.50. The summed E-state index contributed by atoms with van der Waals surface area (Å²) in [5.41, 5.74) is 0.656. The van der Waals surface area contributed by atoms with Crippen molar-refractivity contribution in [1.29, 1.82) is 0 Å². The van der Waals surface area contributed by atoms with Gasteiger partial charge in [-0.1, -0.05) is 26.2 Å². The van der Waals surface area contributed by atoms with E-state index in [1.807, 2.05) is 6.92 Å². The Morgan fingerprint density at radius 1 is 1.17 bits per heavy atom. The molecule has 0 aromatic heterocycles. The van der Waals surface area contributed by atoms with Gasteiger partial charge in [-0.3, -0.25) is 4.79 Å². The molecule has 3 atom stereocenters. The lowest BCUT2D eigenvalue weighted by molar-refractivity contribution is 0.0387. The number of ether oxygens (including phenoxy) is 2. The number of likely N-dealkylation sites (N-methyl/N-ethyl adjacent to an activating group) is 1. The molecule has 1 fully saturated rings. The van der Waals surface area contributed by atoms with Crippen molar-refractivity contribution < 1.29 is 32.6 Å². The highest BCUT2D eigenvalue weighted by molar-refractivity contribution is 7.89. The van der Waals surface area contributed by atoms with Gasteiger partial charge in [0.1, 0.15) is 17.6 Å². The summed E-state index contributed by atoms with van der Waals surface area (Å²) in [5, 5.41) is 15.8. The topological polar surface area (TPSA) is 138 Å². The zero-order valence-corrected chi connectivity index (χ0v) is 25.5. The standard InChI is InChI=1S/C30H42N4O7S/c1-20-17-34(21(2)19-35)29(36)26-16-23(32-30(37)31-22-8-6-5-7-9-22)10-15-27(26)41-28(20)18-33(3)42(38,39)25-13-11-24(40-4)12-14-25/h10-16,20-22,28,35H,5-9,17-19H2,1-4H3,(H2,31,32,37)/t20-,21-,28-/m0/s1. The van der Waals surface area contributed by atoms with Gasteiger partial charge in [-0.25, -0.2) is 13.2 Å². The third-order valence-electron chi connectivity index (χ3n) is 8.07. The molecule has 0 unspecified atom stereocenters. The van der Waals surface area contributed by atoms with E-state index in [9.17, 15) is 23.1 Å². The van der Waals surface area contributed by atoms with Crippen LogP contribution in [-0.4, -0.2) is 86.7 Å². The highest BCUT2D eigenvalue weighted by atomic mass is 32.2. The zero-order chi connectivity index (χ0) is 30.4. The van der Waals surface area contributed by atoms with Crippen molar-refractivity contribution in [3.05, 3.63) is 48.0 Å². The highest BCUT2D eigenvalue weighted by Gasteiger charge is 2.35. The van der Waals surface area contributed by atoms with Crippen LogP contribution in [0.15, 0.2) is 47.4 Å². The quantitative estimate of drug-likeness (QED) is 0.398. The van der Waals surface area contributed by atoms with E-state index in [1.165, 1.54) is 37.0 Å². The van der Waals surface area contributed by atoms with Crippen LogP contribution >= 0.6 is 0 Å². The number of rotatable bonds is 9. The maximum Gasteiger partial charge on any atom is 0.319 e. The number of fused-ring (bicyclic) bond motifs is 1. The molecule has 11 nitrogen and oxygen atoms in total. The van der Waals surface area contributed by atoms with Crippen molar-refractivity contribution in [2.24, 2.45) is 5.92 Å². The predicted octanol–water partition coefficient (Wildman–Crippen LogP) is 3.69. The van der Waals surface area contributed by atoms with Crippen molar-refractivity contribution in [2.75, 3.05) is 39.2 Å². The lowest BCUT2D eigenvalue weighted by Gasteiger charge is -2.38. The molecule has 0 bridgehead atoms. The molecular formula is C30H42N4O7S. The van der Waals surface area contributed by atoms with Crippen molar-refractivity contribution in [1.82, 2.24) is 14.5 Å². The Hall–Kier alpha value is -3.35. The first-order valence-electron chi connectivity index (χ1n) is 14.4. The number of urea groups is 1. The molecule has 3 amide bonds. The van der Waals surface area contributed by atoms with Gasteiger partial charge in [0.15, 0.2) is 0 Å². The van der Waals surface area contributed by atoms with Crippen LogP contribution < -0.4 is 20.1 Å². The Morgan fingerprint density at radius 3 is 2.50 bits per heavy atom. The van der Waals surface area contributed by atoms with Crippen molar-refractivity contribution in [3.63, 3.8) is 0 Å². The first-order valence-corrected chi connectivity index (χ1v) is 15.9. The van der Waals surface area contributed by atoms with Crippen molar-refractivity contribution in [2.45, 2.75) is 69.0 Å². The van der Waals surface area contributed by atoms with Gasteiger partial charge in [0.2, 0.25) is 10.0 Å². The number of nitrogens with zero attached hydrogens (tertiary/aromatic N) is 2. The monoisotopic (exact) mass is 602 g/mol. The summed E-state index contributed by atoms with van der Waals surface area (Å²) in [6.07, 6.45) is 4.63. The summed E-state index contributed by atoms with van der Waals surface area (Å²) in [5.74, 6) is 0.213. The first kappa shape index (κ1) is 31.6. The number of aliphatic hydroxyl groups is 1. The molecule has 0 saturated heterocycles. The summed E-state index contributed by atoms with van der Waals surface area (Å²) in [6, 6.07) is 10.3. The molecule has 3 N–H and O–H groups in total. The predicted molar refractivity (Wildman–Crippen MR) is 159 cm³/mol. The fourth-order valence-corrected chi connectivity index (χ4v) is 6.58. The SMILES string of the molecule is COc1ccc(S(=O)(=O)N(C)C[C@@H]2Oc3ccc(NC(=O)NC4CCCCC4)cc3C(=O)N([C@@H](C)CO)C[C@@H]2C)cc1. The number of carbonyl (C=O) groups excluding carboxylic acids is 2. The van der Waals surface area contributed by atoms with E-state index in [0.29, 0.717) is 11.4 Å². The molecule has 1 aliphatic heterocycles. The summed E-state index contributed by atoms with van der Waals surface area (Å²) in [4.78, 5) is 28.1. The van der Waals surface area contributed by atoms with Crippen LogP contribution in [-0.2, 0) is 10.0 Å². The summed E-state index contributed by atoms with van der Waals surface area (Å²) < 4.78 is 39.4. The second kappa shape index (κ2) is 13.7. The van der Waals surface area contributed by atoms with Gasteiger partial charge in [0.25, 0.3) is 5.91 Å². The number of amides is 3. The maximum absolute atomic E-state index is 13.7. The number of anilines is 1. The van der Waals surface area contributed by atoms with E-state index in [0.717, 1.165) is 25.7 Å². The number of benzene rings is 2. The van der Waals surface area contributed by atoms with Gasteiger partial charge >= 0.3 is 6.03 Å².